The van der Waals surface area contributed by atoms with Crippen LogP contribution in [0.15, 0.2) is 12.7 Å². The maximum atomic E-state index is 12.2. The average Bonchev–Trinajstić information content (AvgIpc) is 3.58. The van der Waals surface area contributed by atoms with E-state index in [-0.39, 0.29) is 37.7 Å². The molecule has 1 rings (SSSR count). The predicted octanol–water partition coefficient (Wildman–Crippen LogP) is 4.38. The lowest BCUT2D eigenvalue weighted by Crippen LogP contribution is -2.30. The highest BCUT2D eigenvalue weighted by molar-refractivity contribution is 5.70. The minimum atomic E-state index is -0.784. The summed E-state index contributed by atoms with van der Waals surface area (Å²) >= 11 is 0. The minimum Gasteiger partial charge on any atom is -0.462 e. The van der Waals surface area contributed by atoms with Gasteiger partial charge < -0.3 is 24.7 Å². The van der Waals surface area contributed by atoms with E-state index in [9.17, 15) is 14.4 Å². The zero-order valence-electron chi connectivity index (χ0n) is 21.0. The number of epoxide rings is 1. The Kier molecular flexibility index (Phi) is 17.2. The van der Waals surface area contributed by atoms with E-state index in [2.05, 4.69) is 6.58 Å². The molecular formula is C26H45NO7. The highest BCUT2D eigenvalue weighted by Gasteiger charge is 2.36. The van der Waals surface area contributed by atoms with Gasteiger partial charge in [0.25, 0.3) is 0 Å². The average molecular weight is 484 g/mol. The van der Waals surface area contributed by atoms with Crippen LogP contribution in [0.1, 0.15) is 96.8 Å². The zero-order chi connectivity index (χ0) is 25.0. The quantitative estimate of drug-likeness (QED) is 0.0792. The first kappa shape index (κ1) is 30.1. The highest BCUT2D eigenvalue weighted by atomic mass is 16.6. The van der Waals surface area contributed by atoms with E-state index in [1.54, 1.807) is 0 Å². The molecule has 0 aromatic heterocycles. The number of hydrogen-bond acceptors (Lipinski definition) is 8. The van der Waals surface area contributed by atoms with Gasteiger partial charge in [-0.3, -0.25) is 14.4 Å². The van der Waals surface area contributed by atoms with E-state index >= 15 is 0 Å². The van der Waals surface area contributed by atoms with Gasteiger partial charge in [-0.05, 0) is 32.1 Å². The monoisotopic (exact) mass is 483 g/mol. The van der Waals surface area contributed by atoms with Crippen LogP contribution in [-0.4, -0.2) is 56.0 Å². The molecule has 1 saturated heterocycles. The fraction of sp³-hybridized carbons (Fsp3) is 0.808. The standard InChI is InChI=1S/C26H45NO7/c1-3-4-5-6-7-10-13-16-25(29)32-20-22(19-31-21(2)28)33-26(30)17-14-11-8-9-12-15-23-24(18-27)34-23/h3,22-24H,1,4-20,27H2,2H3. The Bertz CT molecular complexity index is 596. The number of hydrogen-bond donors (Lipinski definition) is 1. The highest BCUT2D eigenvalue weighted by Crippen LogP contribution is 2.26. The summed E-state index contributed by atoms with van der Waals surface area (Å²) < 4.78 is 21.0. The van der Waals surface area contributed by atoms with Crippen LogP contribution in [-0.2, 0) is 33.3 Å². The van der Waals surface area contributed by atoms with Crippen LogP contribution in [0, 0.1) is 0 Å². The van der Waals surface area contributed by atoms with E-state index in [0.717, 1.165) is 77.0 Å². The third-order valence-corrected chi connectivity index (χ3v) is 5.78. The molecule has 8 heteroatoms. The molecule has 0 bridgehead atoms. The van der Waals surface area contributed by atoms with Crippen LogP contribution in [0.2, 0.25) is 0 Å². The molecule has 0 aliphatic carbocycles. The summed E-state index contributed by atoms with van der Waals surface area (Å²) in [5, 5.41) is 0. The molecule has 1 aliphatic heterocycles. The maximum Gasteiger partial charge on any atom is 0.306 e. The lowest BCUT2D eigenvalue weighted by atomic mass is 10.1. The molecule has 34 heavy (non-hydrogen) atoms. The summed E-state index contributed by atoms with van der Waals surface area (Å²) in [5.74, 6) is -1.17. The van der Waals surface area contributed by atoms with Crippen molar-refractivity contribution < 1.29 is 33.3 Å². The second-order valence-electron chi connectivity index (χ2n) is 8.95. The summed E-state index contributed by atoms with van der Waals surface area (Å²) in [6.45, 7) is 5.36. The van der Waals surface area contributed by atoms with Gasteiger partial charge in [0.15, 0.2) is 6.10 Å². The SMILES string of the molecule is C=CCCCCCCCC(=O)OCC(COC(C)=O)OC(=O)CCCCCCCC1OC1CN. The van der Waals surface area contributed by atoms with Crippen molar-refractivity contribution >= 4 is 17.9 Å². The molecule has 2 N–H and O–H groups in total. The van der Waals surface area contributed by atoms with Crippen molar-refractivity contribution in [2.24, 2.45) is 5.73 Å². The summed E-state index contributed by atoms with van der Waals surface area (Å²) in [4.78, 5) is 35.3. The third kappa shape index (κ3) is 16.6. The van der Waals surface area contributed by atoms with Gasteiger partial charge >= 0.3 is 17.9 Å². The smallest absolute Gasteiger partial charge is 0.306 e. The molecule has 0 amide bonds. The minimum absolute atomic E-state index is 0.107. The fourth-order valence-corrected chi connectivity index (χ4v) is 3.70. The van der Waals surface area contributed by atoms with Gasteiger partial charge in [-0.15, -0.1) is 6.58 Å². The Morgan fingerprint density at radius 3 is 2.06 bits per heavy atom. The lowest BCUT2D eigenvalue weighted by Gasteiger charge is -2.17. The van der Waals surface area contributed by atoms with Crippen molar-refractivity contribution in [1.29, 1.82) is 0 Å². The fourth-order valence-electron chi connectivity index (χ4n) is 3.70. The normalized spacial score (nSPS) is 17.6. The van der Waals surface area contributed by atoms with Crippen molar-refractivity contribution in [2.75, 3.05) is 19.8 Å². The number of allylic oxidation sites excluding steroid dienone is 1. The second-order valence-corrected chi connectivity index (χ2v) is 8.95. The number of unbranched alkanes of at least 4 members (excludes halogenated alkanes) is 9. The van der Waals surface area contributed by atoms with Crippen molar-refractivity contribution in [3.8, 4) is 0 Å². The number of esters is 3. The van der Waals surface area contributed by atoms with Crippen molar-refractivity contribution in [3.05, 3.63) is 12.7 Å². The van der Waals surface area contributed by atoms with Gasteiger partial charge in [-0.1, -0.05) is 51.0 Å². The van der Waals surface area contributed by atoms with Crippen molar-refractivity contribution in [3.63, 3.8) is 0 Å². The van der Waals surface area contributed by atoms with E-state index < -0.39 is 12.1 Å². The van der Waals surface area contributed by atoms with Gasteiger partial charge in [-0.25, -0.2) is 0 Å². The maximum absolute atomic E-state index is 12.2. The van der Waals surface area contributed by atoms with E-state index in [1.807, 2.05) is 6.08 Å². The van der Waals surface area contributed by atoms with E-state index in [0.29, 0.717) is 19.1 Å². The first-order valence-electron chi connectivity index (χ1n) is 12.9. The number of nitrogens with two attached hydrogens (primary N) is 1. The van der Waals surface area contributed by atoms with E-state index in [4.69, 9.17) is 24.7 Å². The van der Waals surface area contributed by atoms with Crippen LogP contribution >= 0.6 is 0 Å². The number of rotatable bonds is 22. The summed E-state index contributed by atoms with van der Waals surface area (Å²) in [6.07, 6.45) is 14.4. The lowest BCUT2D eigenvalue weighted by molar-refractivity contribution is -0.166. The van der Waals surface area contributed by atoms with Gasteiger partial charge in [0.1, 0.15) is 13.2 Å². The Labute approximate surface area is 204 Å². The van der Waals surface area contributed by atoms with Gasteiger partial charge in [0.05, 0.1) is 12.2 Å². The van der Waals surface area contributed by atoms with Crippen LogP contribution < -0.4 is 5.73 Å². The Hall–Kier alpha value is -1.93. The zero-order valence-corrected chi connectivity index (χ0v) is 21.0. The molecule has 0 aromatic rings. The molecule has 0 spiro atoms. The molecule has 0 aromatic carbocycles. The van der Waals surface area contributed by atoms with Crippen molar-refractivity contribution in [1.82, 2.24) is 0 Å². The van der Waals surface area contributed by atoms with Crippen LogP contribution in [0.4, 0.5) is 0 Å². The van der Waals surface area contributed by atoms with E-state index in [1.165, 1.54) is 6.92 Å². The third-order valence-electron chi connectivity index (χ3n) is 5.78. The predicted molar refractivity (Wildman–Crippen MR) is 130 cm³/mol. The molecule has 196 valence electrons. The first-order valence-corrected chi connectivity index (χ1v) is 12.9. The van der Waals surface area contributed by atoms with Crippen molar-refractivity contribution in [2.45, 2.75) is 115 Å². The molecule has 1 fully saturated rings. The van der Waals surface area contributed by atoms with Gasteiger partial charge in [0.2, 0.25) is 0 Å². The van der Waals surface area contributed by atoms with Crippen LogP contribution in [0.3, 0.4) is 0 Å². The Balaban J connectivity index is 2.13. The number of carbonyl (C=O) groups is 3. The van der Waals surface area contributed by atoms with Gasteiger partial charge in [-0.2, -0.15) is 0 Å². The summed E-state index contributed by atoms with van der Waals surface area (Å²) in [5.41, 5.74) is 5.55. The van der Waals surface area contributed by atoms with Crippen LogP contribution in [0.25, 0.3) is 0 Å². The summed E-state index contributed by atoms with van der Waals surface area (Å²) in [7, 11) is 0. The molecule has 1 aliphatic rings. The Morgan fingerprint density at radius 1 is 0.853 bits per heavy atom. The molecule has 0 radical (unpaired) electrons. The molecule has 3 unspecified atom stereocenters. The molecule has 1 heterocycles. The molecular weight excluding hydrogens is 438 g/mol. The summed E-state index contributed by atoms with van der Waals surface area (Å²) in [6, 6.07) is 0. The second kappa shape index (κ2) is 19.4. The molecule has 3 atom stereocenters. The largest absolute Gasteiger partial charge is 0.462 e. The topological polar surface area (TPSA) is 117 Å². The number of carbonyl (C=O) groups excluding carboxylic acids is 3. The molecule has 8 nitrogen and oxygen atoms in total. The van der Waals surface area contributed by atoms with Crippen LogP contribution in [0.5, 0.6) is 0 Å². The number of ether oxygens (including phenoxy) is 4. The molecule has 0 saturated carbocycles. The Morgan fingerprint density at radius 2 is 1.44 bits per heavy atom. The first-order chi connectivity index (χ1) is 16.5. The van der Waals surface area contributed by atoms with Gasteiger partial charge in [0, 0.05) is 26.3 Å².